The number of rotatable bonds is 16. The zero-order valence-corrected chi connectivity index (χ0v) is 56.7. The Labute approximate surface area is 604 Å². The summed E-state index contributed by atoms with van der Waals surface area (Å²) in [5.41, 5.74) is 28.6. The molecule has 0 amide bonds. The van der Waals surface area contributed by atoms with Gasteiger partial charge in [-0.3, -0.25) is 14.9 Å². The number of fused-ring (bicyclic) bond motifs is 3. The zero-order chi connectivity index (χ0) is 69.1. The highest BCUT2D eigenvalue weighted by atomic mass is 15.2. The molecule has 0 bridgehead atoms. The van der Waals surface area contributed by atoms with Crippen LogP contribution >= 0.6 is 0 Å². The fourth-order valence-corrected chi connectivity index (χ4v) is 14.7. The summed E-state index contributed by atoms with van der Waals surface area (Å²) in [5, 5.41) is 2.34. The SMILES string of the molecule is c1ccc(-c2cccc(N(c3ccc4c5ccccc5n(-c5ccccc5)c4c3)c3ccnc(-c4ccc(-c5ccccc5-c5cc(-c6ccccc6-c6ccc(-c7ccccn7)cc6-c6ccccc6)cc(-c6ccccc6-c6ccc(-c7ccccn7)cc6-c6ccccc6)c5)cc4)n3)n2)cc1. The van der Waals surface area contributed by atoms with Gasteiger partial charge in [0.05, 0.1) is 33.8 Å². The lowest BCUT2D eigenvalue weighted by atomic mass is 9.84. The predicted molar refractivity (Wildman–Crippen MR) is 430 cm³/mol. The second-order valence-electron chi connectivity index (χ2n) is 25.9. The van der Waals surface area contributed by atoms with E-state index in [-0.39, 0.29) is 0 Å². The Morgan fingerprint density at radius 2 is 0.635 bits per heavy atom. The molecule has 7 nitrogen and oxygen atoms in total. The van der Waals surface area contributed by atoms with Gasteiger partial charge in [0.25, 0.3) is 0 Å². The van der Waals surface area contributed by atoms with Crippen molar-refractivity contribution in [1.29, 1.82) is 0 Å². The summed E-state index contributed by atoms with van der Waals surface area (Å²) < 4.78 is 2.35. The molecule has 18 aromatic rings. The maximum atomic E-state index is 5.45. The van der Waals surface area contributed by atoms with Gasteiger partial charge in [0.15, 0.2) is 5.82 Å². The van der Waals surface area contributed by atoms with Crippen LogP contribution in [0.25, 0.3) is 162 Å². The fraction of sp³-hybridized carbons (Fsp3) is 0. The van der Waals surface area contributed by atoms with E-state index in [0.717, 1.165) is 162 Å². The number of pyridine rings is 3. The van der Waals surface area contributed by atoms with E-state index in [2.05, 4.69) is 337 Å². The van der Waals surface area contributed by atoms with E-state index < -0.39 is 0 Å². The average Bonchev–Trinajstić information content (AvgIpc) is 1.53. The molecule has 0 aliphatic rings. The topological polar surface area (TPSA) is 72.6 Å². The summed E-state index contributed by atoms with van der Waals surface area (Å²) in [6.45, 7) is 0. The van der Waals surface area contributed by atoms with Gasteiger partial charge < -0.3 is 4.57 Å². The van der Waals surface area contributed by atoms with Gasteiger partial charge in [-0.25, -0.2) is 15.0 Å². The van der Waals surface area contributed by atoms with Gasteiger partial charge in [0.2, 0.25) is 0 Å². The van der Waals surface area contributed by atoms with E-state index in [1.807, 2.05) is 67.1 Å². The molecule has 5 heterocycles. The summed E-state index contributed by atoms with van der Waals surface area (Å²) in [6.07, 6.45) is 5.58. The van der Waals surface area contributed by atoms with E-state index in [9.17, 15) is 0 Å². The fourth-order valence-electron chi connectivity index (χ4n) is 14.7. The monoisotopic (exact) mass is 1330 g/mol. The number of aromatic nitrogens is 6. The van der Waals surface area contributed by atoms with Crippen LogP contribution in [0.2, 0.25) is 0 Å². The van der Waals surface area contributed by atoms with Crippen LogP contribution in [-0.2, 0) is 0 Å². The zero-order valence-electron chi connectivity index (χ0n) is 56.7. The van der Waals surface area contributed by atoms with Crippen LogP contribution in [0.15, 0.2) is 395 Å². The minimum atomic E-state index is 0.587. The van der Waals surface area contributed by atoms with Crippen LogP contribution < -0.4 is 4.90 Å². The van der Waals surface area contributed by atoms with Gasteiger partial charge in [-0.15, -0.1) is 0 Å². The highest BCUT2D eigenvalue weighted by Gasteiger charge is 2.24. The molecule has 0 aliphatic carbocycles. The van der Waals surface area contributed by atoms with Crippen molar-refractivity contribution in [2.24, 2.45) is 0 Å². The van der Waals surface area contributed by atoms with E-state index in [1.165, 1.54) is 5.39 Å². The molecule has 13 aromatic carbocycles. The number of hydrogen-bond acceptors (Lipinski definition) is 6. The first-order chi connectivity index (χ1) is 51.6. The lowest BCUT2D eigenvalue weighted by Crippen LogP contribution is -2.14. The molecule has 0 fully saturated rings. The molecule has 0 aliphatic heterocycles. The maximum absolute atomic E-state index is 5.45. The van der Waals surface area contributed by atoms with Crippen molar-refractivity contribution in [3.63, 3.8) is 0 Å². The smallest absolute Gasteiger partial charge is 0.161 e. The molecule has 0 saturated heterocycles. The van der Waals surface area contributed by atoms with Gasteiger partial charge in [-0.1, -0.05) is 273 Å². The second-order valence-corrected chi connectivity index (χ2v) is 25.9. The summed E-state index contributed by atoms with van der Waals surface area (Å²) in [7, 11) is 0. The molecule has 0 N–H and O–H groups in total. The summed E-state index contributed by atoms with van der Waals surface area (Å²) >= 11 is 0. The van der Waals surface area contributed by atoms with Crippen LogP contribution in [0.4, 0.5) is 17.3 Å². The Morgan fingerprint density at radius 3 is 1.19 bits per heavy atom. The first kappa shape index (κ1) is 62.3. The third-order valence-corrected chi connectivity index (χ3v) is 19.6. The molecule has 0 spiro atoms. The molecule has 104 heavy (non-hydrogen) atoms. The molecule has 0 atom stereocenters. The number of anilines is 3. The van der Waals surface area contributed by atoms with Gasteiger partial charge in [-0.2, -0.15) is 0 Å². The molecule has 0 radical (unpaired) electrons. The molecule has 5 aromatic heterocycles. The third kappa shape index (κ3) is 12.1. The van der Waals surface area contributed by atoms with Gasteiger partial charge in [0.1, 0.15) is 11.6 Å². The number of benzene rings is 13. The van der Waals surface area contributed by atoms with Gasteiger partial charge in [-0.05, 0) is 192 Å². The van der Waals surface area contributed by atoms with Crippen molar-refractivity contribution < 1.29 is 0 Å². The van der Waals surface area contributed by atoms with E-state index >= 15 is 0 Å². The van der Waals surface area contributed by atoms with Crippen LogP contribution in [0.3, 0.4) is 0 Å². The van der Waals surface area contributed by atoms with Gasteiger partial charge in [0, 0.05) is 57.3 Å². The summed E-state index contributed by atoms with van der Waals surface area (Å²) in [6, 6.07) is 134. The largest absolute Gasteiger partial charge is 0.309 e. The number of nitrogens with zero attached hydrogens (tertiary/aromatic N) is 7. The summed E-state index contributed by atoms with van der Waals surface area (Å²) in [4.78, 5) is 27.5. The Morgan fingerprint density at radius 1 is 0.212 bits per heavy atom. The molecular formula is C97H65N7. The van der Waals surface area contributed by atoms with Crippen molar-refractivity contribution in [2.75, 3.05) is 4.90 Å². The first-order valence-electron chi connectivity index (χ1n) is 35.1. The van der Waals surface area contributed by atoms with Crippen LogP contribution in [0.5, 0.6) is 0 Å². The molecule has 0 unspecified atom stereocenters. The minimum absolute atomic E-state index is 0.587. The Hall–Kier alpha value is -14.0. The predicted octanol–water partition coefficient (Wildman–Crippen LogP) is 25.2. The van der Waals surface area contributed by atoms with Crippen molar-refractivity contribution in [1.82, 2.24) is 29.5 Å². The van der Waals surface area contributed by atoms with Crippen molar-refractivity contribution >= 4 is 39.1 Å². The Kier molecular flexibility index (Phi) is 16.5. The molecule has 488 valence electrons. The first-order valence-corrected chi connectivity index (χ1v) is 35.1. The lowest BCUT2D eigenvalue weighted by Gasteiger charge is -2.24. The molecule has 7 heteroatoms. The van der Waals surface area contributed by atoms with E-state index in [4.69, 9.17) is 24.9 Å². The Balaban J connectivity index is 0.770. The normalized spacial score (nSPS) is 11.3. The van der Waals surface area contributed by atoms with Crippen molar-refractivity contribution in [2.45, 2.75) is 0 Å². The Bertz CT molecular complexity index is 5950. The standard InChI is InChI=1S/C97H65N7/c1-5-26-66(27-6-1)88-63-71(90-41-21-23-57-98-90)50-53-84(88)82-38-17-15-36-80(82)74-60-73(61-75(62-74)81-37-16-18-39-83(81)85-54-51-72(91-42-22-24-58-99-91)64-89(85)67-28-7-2-8-29-67)79-35-14-13-34-78(79)68-46-48-70(49-47-68)97-100-59-56-96(102-97)104(95-45-25-43-92(101-95)69-30-9-3-10-31-69)77-52-55-87-86-40-19-20-44-93(86)103(94(87)65-77)76-32-11-4-12-33-76/h1-65H. The van der Waals surface area contributed by atoms with E-state index in [0.29, 0.717) is 11.6 Å². The summed E-state index contributed by atoms with van der Waals surface area (Å²) in [5.74, 6) is 1.99. The second kappa shape index (κ2) is 27.6. The van der Waals surface area contributed by atoms with Crippen LogP contribution in [0, 0.1) is 0 Å². The van der Waals surface area contributed by atoms with Crippen LogP contribution in [-0.4, -0.2) is 29.5 Å². The molecular weight excluding hydrogens is 1260 g/mol. The van der Waals surface area contributed by atoms with Crippen molar-refractivity contribution in [3.8, 4) is 140 Å². The number of para-hydroxylation sites is 2. The van der Waals surface area contributed by atoms with Crippen LogP contribution in [0.1, 0.15) is 0 Å². The molecule has 18 rings (SSSR count). The van der Waals surface area contributed by atoms with E-state index in [1.54, 1.807) is 0 Å². The highest BCUT2D eigenvalue weighted by Crippen LogP contribution is 2.47. The average molecular weight is 1330 g/mol. The quantitative estimate of drug-likeness (QED) is 0.0960. The maximum Gasteiger partial charge on any atom is 0.161 e. The lowest BCUT2D eigenvalue weighted by molar-refractivity contribution is 1.09. The minimum Gasteiger partial charge on any atom is -0.309 e. The van der Waals surface area contributed by atoms with Crippen molar-refractivity contribution in [3.05, 3.63) is 395 Å². The van der Waals surface area contributed by atoms with Gasteiger partial charge >= 0.3 is 0 Å². The highest BCUT2D eigenvalue weighted by molar-refractivity contribution is 6.10. The number of hydrogen-bond donors (Lipinski definition) is 0. The molecule has 0 saturated carbocycles. The third-order valence-electron chi connectivity index (χ3n) is 19.6.